The second-order valence-corrected chi connectivity index (χ2v) is 7.82. The molecule has 1 aliphatic carbocycles. The lowest BCUT2D eigenvalue weighted by Gasteiger charge is -2.43. The van der Waals surface area contributed by atoms with Gasteiger partial charge in [0.2, 0.25) is 5.91 Å². The minimum Gasteiger partial charge on any atom is -0.361 e. The number of rotatable bonds is 3. The largest absolute Gasteiger partial charge is 0.361 e. The lowest BCUT2D eigenvalue weighted by atomic mass is 10.0. The maximum atomic E-state index is 13.0. The van der Waals surface area contributed by atoms with Crippen LogP contribution in [0.1, 0.15) is 39.0 Å². The highest BCUT2D eigenvalue weighted by Gasteiger charge is 2.41. The smallest absolute Gasteiger partial charge is 0.249 e. The number of anilines is 2. The molecule has 144 valence electrons. The average molecular weight is 375 g/mol. The summed E-state index contributed by atoms with van der Waals surface area (Å²) >= 11 is 0. The van der Waals surface area contributed by atoms with Gasteiger partial charge in [-0.05, 0) is 31.4 Å². The zero-order chi connectivity index (χ0) is 19.3. The number of fused-ring (bicyclic) bond motifs is 2. The van der Waals surface area contributed by atoms with Crippen LogP contribution in [0.15, 0.2) is 36.7 Å². The number of H-pyrrole nitrogens is 1. The molecule has 6 heteroatoms. The predicted molar refractivity (Wildman–Crippen MR) is 112 cm³/mol. The number of hydrogen-bond acceptors (Lipinski definition) is 4. The van der Waals surface area contributed by atoms with Crippen LogP contribution in [-0.2, 0) is 4.79 Å². The molecule has 5 rings (SSSR count). The number of para-hydroxylation sites is 1. The highest BCUT2D eigenvalue weighted by atomic mass is 16.2. The summed E-state index contributed by atoms with van der Waals surface area (Å²) in [6.45, 7) is 2.09. The van der Waals surface area contributed by atoms with Gasteiger partial charge in [0.1, 0.15) is 11.7 Å². The van der Waals surface area contributed by atoms with Gasteiger partial charge < -0.3 is 14.8 Å². The first-order chi connectivity index (χ1) is 13.7. The third-order valence-electron chi connectivity index (χ3n) is 6.24. The van der Waals surface area contributed by atoms with Gasteiger partial charge in [-0.25, -0.2) is 9.97 Å². The van der Waals surface area contributed by atoms with Crippen molar-refractivity contribution in [1.82, 2.24) is 15.0 Å². The molecule has 2 aromatic heterocycles. The molecule has 28 heavy (non-hydrogen) atoms. The molecule has 3 heterocycles. The molecule has 1 atom stereocenters. The Hall–Kier alpha value is -2.89. The molecule has 0 spiro atoms. The number of likely N-dealkylation sites (N-methyl/N-ethyl adjacent to an activating group) is 1. The Kier molecular flexibility index (Phi) is 4.07. The van der Waals surface area contributed by atoms with E-state index >= 15 is 0 Å². The highest BCUT2D eigenvalue weighted by molar-refractivity contribution is 6.04. The average Bonchev–Trinajstić information content (AvgIpc) is 3.41. The minimum atomic E-state index is -0.148. The molecule has 2 aliphatic rings. The number of hydrogen-bond donors (Lipinski definition) is 1. The van der Waals surface area contributed by atoms with Gasteiger partial charge >= 0.3 is 0 Å². The van der Waals surface area contributed by atoms with E-state index in [-0.39, 0.29) is 11.9 Å². The quantitative estimate of drug-likeness (QED) is 0.748. The van der Waals surface area contributed by atoms with Crippen molar-refractivity contribution in [2.75, 3.05) is 16.8 Å². The van der Waals surface area contributed by atoms with E-state index in [0.29, 0.717) is 11.9 Å². The zero-order valence-corrected chi connectivity index (χ0v) is 16.4. The molecule has 1 N–H and O–H groups in total. The standard InChI is InChI=1S/C22H25N5O/c1-3-17-22(28)26(2)18-13-24-20(16-10-6-7-14-11-12-23-19(14)16)25-21(18)27(17)15-8-4-5-9-15/h6-7,10-13,15,17,23H,3-5,8-9H2,1-2H3/t17-/m1/s1. The number of carbonyl (C=O) groups excluding carboxylic acids is 1. The number of nitrogens with one attached hydrogen (secondary N) is 1. The highest BCUT2D eigenvalue weighted by Crippen LogP contribution is 2.40. The van der Waals surface area contributed by atoms with Gasteiger partial charge in [-0.2, -0.15) is 0 Å². The summed E-state index contributed by atoms with van der Waals surface area (Å²) in [5, 5.41) is 1.14. The van der Waals surface area contributed by atoms with E-state index in [1.165, 1.54) is 12.8 Å². The van der Waals surface area contributed by atoms with Crippen molar-refractivity contribution < 1.29 is 4.79 Å². The molecule has 1 aliphatic heterocycles. The predicted octanol–water partition coefficient (Wildman–Crippen LogP) is 4.13. The minimum absolute atomic E-state index is 0.143. The van der Waals surface area contributed by atoms with Crippen LogP contribution in [0.3, 0.4) is 0 Å². The first-order valence-corrected chi connectivity index (χ1v) is 10.2. The molecule has 0 bridgehead atoms. The van der Waals surface area contributed by atoms with Gasteiger partial charge in [-0.3, -0.25) is 4.79 Å². The molecular formula is C22H25N5O. The number of aromatic nitrogens is 3. The monoisotopic (exact) mass is 375 g/mol. The third-order valence-corrected chi connectivity index (χ3v) is 6.24. The summed E-state index contributed by atoms with van der Waals surface area (Å²) in [5.74, 6) is 1.74. The summed E-state index contributed by atoms with van der Waals surface area (Å²) in [4.78, 5) is 30.0. The van der Waals surface area contributed by atoms with Gasteiger partial charge in [0.05, 0.1) is 11.7 Å². The van der Waals surface area contributed by atoms with E-state index in [1.54, 1.807) is 4.90 Å². The Morgan fingerprint density at radius 1 is 1.21 bits per heavy atom. The van der Waals surface area contributed by atoms with Crippen LogP contribution in [0.5, 0.6) is 0 Å². The van der Waals surface area contributed by atoms with Crippen LogP contribution < -0.4 is 9.80 Å². The van der Waals surface area contributed by atoms with Crippen LogP contribution >= 0.6 is 0 Å². The second kappa shape index (κ2) is 6.62. The van der Waals surface area contributed by atoms with Gasteiger partial charge in [0.25, 0.3) is 0 Å². The number of benzene rings is 1. The van der Waals surface area contributed by atoms with Crippen molar-refractivity contribution in [3.8, 4) is 11.4 Å². The molecule has 1 aromatic carbocycles. The first kappa shape index (κ1) is 17.2. The molecule has 6 nitrogen and oxygen atoms in total. The van der Waals surface area contributed by atoms with Gasteiger partial charge in [0, 0.05) is 30.2 Å². The lowest BCUT2D eigenvalue weighted by Crippen LogP contribution is -2.55. The number of aromatic amines is 1. The van der Waals surface area contributed by atoms with E-state index in [1.807, 2.05) is 25.5 Å². The Bertz CT molecular complexity index is 1040. The number of carbonyl (C=O) groups is 1. The van der Waals surface area contributed by atoms with Crippen molar-refractivity contribution in [3.63, 3.8) is 0 Å². The summed E-state index contributed by atoms with van der Waals surface area (Å²) < 4.78 is 0. The molecule has 3 aromatic rings. The Balaban J connectivity index is 1.68. The molecule has 1 saturated carbocycles. The van der Waals surface area contributed by atoms with Gasteiger partial charge in [-0.1, -0.05) is 31.9 Å². The number of amides is 1. The van der Waals surface area contributed by atoms with E-state index in [9.17, 15) is 4.79 Å². The normalized spacial score (nSPS) is 20.2. The summed E-state index contributed by atoms with van der Waals surface area (Å²) in [5.41, 5.74) is 2.84. The van der Waals surface area contributed by atoms with Crippen LogP contribution in [0, 0.1) is 0 Å². The third kappa shape index (κ3) is 2.51. The van der Waals surface area contributed by atoms with Crippen LogP contribution in [-0.4, -0.2) is 40.0 Å². The van der Waals surface area contributed by atoms with Crippen molar-refractivity contribution in [2.45, 2.75) is 51.1 Å². The molecular weight excluding hydrogens is 350 g/mol. The second-order valence-electron chi connectivity index (χ2n) is 7.82. The summed E-state index contributed by atoms with van der Waals surface area (Å²) in [6.07, 6.45) is 9.22. The van der Waals surface area contributed by atoms with E-state index in [0.717, 1.165) is 47.2 Å². The SMILES string of the molecule is CC[C@@H]1C(=O)N(C)c2cnc(-c3cccc4cc[nH]c34)nc2N1C1CCCC1. The van der Waals surface area contributed by atoms with Crippen LogP contribution in [0.4, 0.5) is 11.5 Å². The number of nitrogens with zero attached hydrogens (tertiary/aromatic N) is 4. The van der Waals surface area contributed by atoms with E-state index < -0.39 is 0 Å². The van der Waals surface area contributed by atoms with Crippen molar-refractivity contribution in [1.29, 1.82) is 0 Å². The zero-order valence-electron chi connectivity index (χ0n) is 16.4. The molecule has 0 radical (unpaired) electrons. The Morgan fingerprint density at radius 3 is 2.82 bits per heavy atom. The maximum absolute atomic E-state index is 13.0. The maximum Gasteiger partial charge on any atom is 0.249 e. The molecule has 0 saturated heterocycles. The summed E-state index contributed by atoms with van der Waals surface area (Å²) in [6, 6.07) is 8.46. The molecule has 1 amide bonds. The Morgan fingerprint density at radius 2 is 2.04 bits per heavy atom. The lowest BCUT2D eigenvalue weighted by molar-refractivity contribution is -0.120. The fraction of sp³-hybridized carbons (Fsp3) is 0.409. The van der Waals surface area contributed by atoms with E-state index in [4.69, 9.17) is 4.98 Å². The fourth-order valence-corrected chi connectivity index (χ4v) is 4.78. The van der Waals surface area contributed by atoms with Gasteiger partial charge in [0.15, 0.2) is 11.6 Å². The first-order valence-electron chi connectivity index (χ1n) is 10.2. The van der Waals surface area contributed by atoms with Crippen molar-refractivity contribution in [3.05, 3.63) is 36.7 Å². The van der Waals surface area contributed by atoms with Crippen molar-refractivity contribution in [2.24, 2.45) is 0 Å². The van der Waals surface area contributed by atoms with Crippen LogP contribution in [0.2, 0.25) is 0 Å². The van der Waals surface area contributed by atoms with E-state index in [2.05, 4.69) is 40.0 Å². The Labute approximate surface area is 164 Å². The summed E-state index contributed by atoms with van der Waals surface area (Å²) in [7, 11) is 1.84. The van der Waals surface area contributed by atoms with Crippen molar-refractivity contribution >= 4 is 28.3 Å². The molecule has 1 fully saturated rings. The van der Waals surface area contributed by atoms with Crippen LogP contribution in [0.25, 0.3) is 22.3 Å². The fourth-order valence-electron chi connectivity index (χ4n) is 4.78. The molecule has 0 unspecified atom stereocenters. The topological polar surface area (TPSA) is 65.1 Å². The van der Waals surface area contributed by atoms with Gasteiger partial charge in [-0.15, -0.1) is 0 Å².